The van der Waals surface area contributed by atoms with Gasteiger partial charge in [0.1, 0.15) is 0 Å². The maximum absolute atomic E-state index is 9.44. The lowest BCUT2D eigenvalue weighted by atomic mass is 9.78. The van der Waals surface area contributed by atoms with Gasteiger partial charge in [-0.1, -0.05) is 19.3 Å². The summed E-state index contributed by atoms with van der Waals surface area (Å²) >= 11 is 0. The molecule has 4 atom stereocenters. The van der Waals surface area contributed by atoms with E-state index >= 15 is 0 Å². The van der Waals surface area contributed by atoms with Crippen molar-refractivity contribution in [3.8, 4) is 0 Å². The molecular formula is C14H28N2O2. The molecule has 0 heterocycles. The third kappa shape index (κ3) is 2.72. The summed E-state index contributed by atoms with van der Waals surface area (Å²) in [5.74, 6) is 0.396. The topological polar surface area (TPSA) is 67.5 Å². The van der Waals surface area contributed by atoms with Crippen LogP contribution in [-0.4, -0.2) is 43.1 Å². The van der Waals surface area contributed by atoms with Crippen molar-refractivity contribution in [3.05, 3.63) is 0 Å². The van der Waals surface area contributed by atoms with Gasteiger partial charge in [-0.05, 0) is 31.6 Å². The Bertz CT molecular complexity index is 262. The first-order chi connectivity index (χ1) is 8.75. The fourth-order valence-electron chi connectivity index (χ4n) is 3.82. The van der Waals surface area contributed by atoms with Crippen LogP contribution in [0.1, 0.15) is 44.9 Å². The first-order valence-electron chi connectivity index (χ1n) is 7.37. The highest BCUT2D eigenvalue weighted by Crippen LogP contribution is 2.34. The zero-order valence-corrected chi connectivity index (χ0v) is 11.5. The minimum atomic E-state index is -0.0740. The van der Waals surface area contributed by atoms with Crippen molar-refractivity contribution >= 4 is 0 Å². The van der Waals surface area contributed by atoms with Crippen LogP contribution in [0.15, 0.2) is 0 Å². The zero-order chi connectivity index (χ0) is 13.0. The Morgan fingerprint density at radius 2 is 2.11 bits per heavy atom. The van der Waals surface area contributed by atoms with Crippen molar-refractivity contribution in [2.24, 2.45) is 11.7 Å². The fraction of sp³-hybridized carbons (Fsp3) is 1.00. The number of nitrogens with two attached hydrogens (primary N) is 1. The van der Waals surface area contributed by atoms with Gasteiger partial charge in [-0.25, -0.2) is 0 Å². The van der Waals surface area contributed by atoms with Gasteiger partial charge in [0.25, 0.3) is 0 Å². The van der Waals surface area contributed by atoms with Crippen molar-refractivity contribution in [2.45, 2.75) is 62.6 Å². The Labute approximate surface area is 110 Å². The third-order valence-corrected chi connectivity index (χ3v) is 4.97. The zero-order valence-electron chi connectivity index (χ0n) is 11.5. The van der Waals surface area contributed by atoms with E-state index < -0.39 is 0 Å². The molecule has 0 saturated heterocycles. The van der Waals surface area contributed by atoms with Crippen molar-refractivity contribution in [3.63, 3.8) is 0 Å². The molecular weight excluding hydrogens is 228 g/mol. The Morgan fingerprint density at radius 3 is 2.78 bits per heavy atom. The lowest BCUT2D eigenvalue weighted by molar-refractivity contribution is -0.0175. The minimum Gasteiger partial charge on any atom is -0.396 e. The van der Waals surface area contributed by atoms with Gasteiger partial charge in [-0.15, -0.1) is 0 Å². The van der Waals surface area contributed by atoms with E-state index in [0.29, 0.717) is 18.5 Å². The SMILES string of the molecule is COC1CCCCC1(CN)NC1CCCC1CO. The normalized spacial score (nSPS) is 41.2. The Kier molecular flexibility index (Phi) is 5.01. The van der Waals surface area contributed by atoms with Gasteiger partial charge in [0, 0.05) is 26.3 Å². The summed E-state index contributed by atoms with van der Waals surface area (Å²) < 4.78 is 5.67. The van der Waals surface area contributed by atoms with Crippen LogP contribution in [0, 0.1) is 5.92 Å². The van der Waals surface area contributed by atoms with Crippen molar-refractivity contribution in [2.75, 3.05) is 20.3 Å². The van der Waals surface area contributed by atoms with Crippen LogP contribution in [0.2, 0.25) is 0 Å². The summed E-state index contributed by atoms with van der Waals surface area (Å²) in [6.45, 7) is 0.913. The van der Waals surface area contributed by atoms with Crippen LogP contribution in [-0.2, 0) is 4.74 Å². The lowest BCUT2D eigenvalue weighted by Gasteiger charge is -2.46. The van der Waals surface area contributed by atoms with E-state index in [9.17, 15) is 5.11 Å². The van der Waals surface area contributed by atoms with Crippen LogP contribution < -0.4 is 11.1 Å². The van der Waals surface area contributed by atoms with E-state index in [1.54, 1.807) is 7.11 Å². The summed E-state index contributed by atoms with van der Waals surface area (Å²) in [5, 5.41) is 13.2. The third-order valence-electron chi connectivity index (χ3n) is 4.97. The molecule has 106 valence electrons. The standard InChI is InChI=1S/C14H28N2O2/c1-18-13-7-2-3-8-14(13,10-15)16-12-6-4-5-11(12)9-17/h11-13,16-17H,2-10,15H2,1H3. The quantitative estimate of drug-likeness (QED) is 0.687. The number of ether oxygens (including phenoxy) is 1. The number of hydrogen-bond acceptors (Lipinski definition) is 4. The Morgan fingerprint density at radius 1 is 1.28 bits per heavy atom. The molecule has 0 spiro atoms. The van der Waals surface area contributed by atoms with Crippen molar-refractivity contribution in [1.82, 2.24) is 5.32 Å². The minimum absolute atomic E-state index is 0.0740. The number of nitrogens with one attached hydrogen (secondary N) is 1. The van der Waals surface area contributed by atoms with Crippen molar-refractivity contribution < 1.29 is 9.84 Å². The van der Waals surface area contributed by atoms with Crippen LogP contribution in [0.5, 0.6) is 0 Å². The molecule has 0 aromatic heterocycles. The van der Waals surface area contributed by atoms with Crippen LogP contribution >= 0.6 is 0 Å². The highest BCUT2D eigenvalue weighted by Gasteiger charge is 2.43. The highest BCUT2D eigenvalue weighted by molar-refractivity contribution is 5.02. The Balaban J connectivity index is 2.06. The molecule has 0 aromatic carbocycles. The molecule has 0 aliphatic heterocycles. The molecule has 4 N–H and O–H groups in total. The second-order valence-corrected chi connectivity index (χ2v) is 5.95. The molecule has 4 nitrogen and oxygen atoms in total. The van der Waals surface area contributed by atoms with Crippen LogP contribution in [0.3, 0.4) is 0 Å². The van der Waals surface area contributed by atoms with Gasteiger partial charge >= 0.3 is 0 Å². The molecule has 0 aromatic rings. The predicted molar refractivity (Wildman–Crippen MR) is 72.4 cm³/mol. The van der Waals surface area contributed by atoms with Gasteiger partial charge in [0.2, 0.25) is 0 Å². The first-order valence-corrected chi connectivity index (χ1v) is 7.37. The Hall–Kier alpha value is -0.160. The number of aliphatic hydroxyl groups is 1. The molecule has 2 aliphatic rings. The van der Waals surface area contributed by atoms with Crippen LogP contribution in [0.25, 0.3) is 0 Å². The number of hydrogen-bond donors (Lipinski definition) is 3. The number of aliphatic hydroxyl groups excluding tert-OH is 1. The van der Waals surface area contributed by atoms with E-state index in [0.717, 1.165) is 25.7 Å². The monoisotopic (exact) mass is 256 g/mol. The molecule has 0 bridgehead atoms. The molecule has 18 heavy (non-hydrogen) atoms. The second kappa shape index (κ2) is 6.33. The average molecular weight is 256 g/mol. The molecule has 4 heteroatoms. The summed E-state index contributed by atoms with van der Waals surface area (Å²) in [6.07, 6.45) is 8.36. The fourth-order valence-corrected chi connectivity index (χ4v) is 3.82. The molecule has 2 rings (SSSR count). The van der Waals surface area contributed by atoms with E-state index in [2.05, 4.69) is 5.32 Å². The first kappa shape index (κ1) is 14.3. The van der Waals surface area contributed by atoms with Crippen LogP contribution in [0.4, 0.5) is 0 Å². The van der Waals surface area contributed by atoms with Gasteiger partial charge in [0.05, 0.1) is 11.6 Å². The van der Waals surface area contributed by atoms with E-state index in [1.807, 2.05) is 0 Å². The lowest BCUT2D eigenvalue weighted by Crippen LogP contribution is -2.64. The molecule has 2 aliphatic carbocycles. The predicted octanol–water partition coefficient (Wildman–Crippen LogP) is 1.02. The summed E-state index contributed by atoms with van der Waals surface area (Å²) in [4.78, 5) is 0. The largest absolute Gasteiger partial charge is 0.396 e. The van der Waals surface area contributed by atoms with Gasteiger partial charge in [0.15, 0.2) is 0 Å². The molecule has 4 unspecified atom stereocenters. The highest BCUT2D eigenvalue weighted by atomic mass is 16.5. The second-order valence-electron chi connectivity index (χ2n) is 5.95. The number of rotatable bonds is 5. The van der Waals surface area contributed by atoms with Gasteiger partial charge < -0.3 is 20.9 Å². The van der Waals surface area contributed by atoms with Gasteiger partial charge in [-0.3, -0.25) is 0 Å². The average Bonchev–Trinajstić information content (AvgIpc) is 2.86. The van der Waals surface area contributed by atoms with E-state index in [4.69, 9.17) is 10.5 Å². The van der Waals surface area contributed by atoms with Crippen molar-refractivity contribution in [1.29, 1.82) is 0 Å². The summed E-state index contributed by atoms with van der Waals surface area (Å²) in [7, 11) is 1.79. The maximum atomic E-state index is 9.44. The van der Waals surface area contributed by atoms with E-state index in [-0.39, 0.29) is 18.2 Å². The molecule has 2 saturated carbocycles. The summed E-state index contributed by atoms with van der Waals surface area (Å²) in [5.41, 5.74) is 5.99. The molecule has 2 fully saturated rings. The summed E-state index contributed by atoms with van der Waals surface area (Å²) in [6, 6.07) is 0.411. The molecule has 0 radical (unpaired) electrons. The number of methoxy groups -OCH3 is 1. The van der Waals surface area contributed by atoms with E-state index in [1.165, 1.54) is 19.3 Å². The smallest absolute Gasteiger partial charge is 0.0765 e. The molecule has 0 amide bonds. The maximum Gasteiger partial charge on any atom is 0.0765 e. The van der Waals surface area contributed by atoms with Gasteiger partial charge in [-0.2, -0.15) is 0 Å².